The molecule has 2 aromatic rings. The zero-order valence-electron chi connectivity index (χ0n) is 11.7. The minimum Gasteiger partial charge on any atom is -0.397 e. The quantitative estimate of drug-likeness (QED) is 0.593. The molecule has 0 radical (unpaired) electrons. The average Bonchev–Trinajstić information content (AvgIpc) is 2.43. The number of sulfonamides is 1. The van der Waals surface area contributed by atoms with Gasteiger partial charge >= 0.3 is 0 Å². The number of anilines is 3. The number of hydrogen-bond acceptors (Lipinski definition) is 4. The molecule has 0 aliphatic carbocycles. The molecule has 0 spiro atoms. The SMILES string of the molecule is CN(C)S(=O)(=O)c1ccc(Nc2ccccc2I)c(N)c1. The molecular weight excluding hydrogens is 401 g/mol. The number of para-hydroxylation sites is 1. The molecule has 0 amide bonds. The van der Waals surface area contributed by atoms with Gasteiger partial charge in [0.1, 0.15) is 0 Å². The van der Waals surface area contributed by atoms with Gasteiger partial charge in [-0.2, -0.15) is 0 Å². The Morgan fingerprint density at radius 1 is 1.10 bits per heavy atom. The number of nitrogens with zero attached hydrogens (tertiary/aromatic N) is 1. The first-order valence-electron chi connectivity index (χ1n) is 6.16. The van der Waals surface area contributed by atoms with Crippen LogP contribution >= 0.6 is 22.6 Å². The van der Waals surface area contributed by atoms with Crippen LogP contribution in [0, 0.1) is 3.57 Å². The van der Waals surface area contributed by atoms with Gasteiger partial charge in [-0.3, -0.25) is 0 Å². The van der Waals surface area contributed by atoms with Gasteiger partial charge in [0.15, 0.2) is 0 Å². The highest BCUT2D eigenvalue weighted by atomic mass is 127. The Labute approximate surface area is 138 Å². The molecule has 3 N–H and O–H groups in total. The summed E-state index contributed by atoms with van der Waals surface area (Å²) >= 11 is 2.22. The van der Waals surface area contributed by atoms with E-state index in [1.54, 1.807) is 12.1 Å². The van der Waals surface area contributed by atoms with E-state index >= 15 is 0 Å². The summed E-state index contributed by atoms with van der Waals surface area (Å²) in [4.78, 5) is 0.179. The van der Waals surface area contributed by atoms with Crippen molar-refractivity contribution in [3.8, 4) is 0 Å². The summed E-state index contributed by atoms with van der Waals surface area (Å²) in [5.74, 6) is 0. The van der Waals surface area contributed by atoms with Gasteiger partial charge in [-0.1, -0.05) is 12.1 Å². The number of nitrogens with two attached hydrogens (primary N) is 1. The van der Waals surface area contributed by atoms with Gasteiger partial charge in [0.25, 0.3) is 0 Å². The van der Waals surface area contributed by atoms with Crippen molar-refractivity contribution in [2.24, 2.45) is 0 Å². The van der Waals surface area contributed by atoms with Crippen LogP contribution in [-0.2, 0) is 10.0 Å². The van der Waals surface area contributed by atoms with Crippen molar-refractivity contribution >= 4 is 49.7 Å². The Bertz CT molecular complexity index is 761. The standard InChI is InChI=1S/C14H16IN3O2S/c1-18(2)21(19,20)10-7-8-14(12(16)9-10)17-13-6-4-3-5-11(13)15/h3-9,17H,16H2,1-2H3. The Hall–Kier alpha value is -1.32. The summed E-state index contributed by atoms with van der Waals surface area (Å²) < 4.78 is 26.3. The van der Waals surface area contributed by atoms with Crippen LogP contribution in [0.25, 0.3) is 0 Å². The fourth-order valence-electron chi connectivity index (χ4n) is 1.73. The van der Waals surface area contributed by atoms with E-state index < -0.39 is 10.0 Å². The number of benzene rings is 2. The van der Waals surface area contributed by atoms with Gasteiger partial charge in [0.05, 0.1) is 22.0 Å². The molecule has 0 saturated carbocycles. The molecule has 7 heteroatoms. The summed E-state index contributed by atoms with van der Waals surface area (Å²) in [7, 11) is -0.493. The van der Waals surface area contributed by atoms with E-state index in [1.165, 1.54) is 20.2 Å². The molecule has 0 aromatic heterocycles. The summed E-state index contributed by atoms with van der Waals surface area (Å²) in [6.07, 6.45) is 0. The van der Waals surface area contributed by atoms with Gasteiger partial charge in [0, 0.05) is 17.7 Å². The van der Waals surface area contributed by atoms with Crippen LogP contribution in [-0.4, -0.2) is 26.8 Å². The molecule has 0 aliphatic heterocycles. The third kappa shape index (κ3) is 3.47. The lowest BCUT2D eigenvalue weighted by Crippen LogP contribution is -2.22. The van der Waals surface area contributed by atoms with Gasteiger partial charge < -0.3 is 11.1 Å². The van der Waals surface area contributed by atoms with Crippen molar-refractivity contribution in [1.29, 1.82) is 0 Å². The Balaban J connectivity index is 2.35. The predicted octanol–water partition coefficient (Wildman–Crippen LogP) is 2.87. The largest absolute Gasteiger partial charge is 0.397 e. The lowest BCUT2D eigenvalue weighted by atomic mass is 10.2. The minimum absolute atomic E-state index is 0.179. The van der Waals surface area contributed by atoms with Crippen LogP contribution in [0.5, 0.6) is 0 Å². The number of hydrogen-bond donors (Lipinski definition) is 2. The maximum atomic E-state index is 12.1. The number of nitrogens with one attached hydrogen (secondary N) is 1. The molecule has 0 heterocycles. The lowest BCUT2D eigenvalue weighted by Gasteiger charge is -2.15. The van der Waals surface area contributed by atoms with Gasteiger partial charge in [-0.05, 0) is 52.9 Å². The third-order valence-corrected chi connectivity index (χ3v) is 5.70. The van der Waals surface area contributed by atoms with Crippen LogP contribution in [0.3, 0.4) is 0 Å². The van der Waals surface area contributed by atoms with E-state index in [-0.39, 0.29) is 4.90 Å². The second-order valence-electron chi connectivity index (χ2n) is 4.64. The van der Waals surface area contributed by atoms with E-state index in [9.17, 15) is 8.42 Å². The zero-order valence-corrected chi connectivity index (χ0v) is 14.6. The molecule has 0 bridgehead atoms. The molecule has 0 saturated heterocycles. The smallest absolute Gasteiger partial charge is 0.242 e. The molecule has 2 aromatic carbocycles. The summed E-state index contributed by atoms with van der Waals surface area (Å²) in [5.41, 5.74) is 7.96. The monoisotopic (exact) mass is 417 g/mol. The van der Waals surface area contributed by atoms with E-state index in [4.69, 9.17) is 5.73 Å². The van der Waals surface area contributed by atoms with Crippen molar-refractivity contribution < 1.29 is 8.42 Å². The second-order valence-corrected chi connectivity index (χ2v) is 7.96. The predicted molar refractivity (Wildman–Crippen MR) is 94.2 cm³/mol. The van der Waals surface area contributed by atoms with E-state index in [2.05, 4.69) is 27.9 Å². The Morgan fingerprint density at radius 2 is 1.76 bits per heavy atom. The van der Waals surface area contributed by atoms with E-state index in [0.717, 1.165) is 13.6 Å². The fourth-order valence-corrected chi connectivity index (χ4v) is 3.19. The highest BCUT2D eigenvalue weighted by molar-refractivity contribution is 14.1. The number of halogens is 1. The van der Waals surface area contributed by atoms with Crippen LogP contribution in [0.15, 0.2) is 47.4 Å². The maximum absolute atomic E-state index is 12.1. The molecule has 2 rings (SSSR count). The van der Waals surface area contributed by atoms with Gasteiger partial charge in [0.2, 0.25) is 10.0 Å². The first-order valence-corrected chi connectivity index (χ1v) is 8.68. The van der Waals surface area contributed by atoms with Crippen LogP contribution in [0.4, 0.5) is 17.1 Å². The van der Waals surface area contributed by atoms with Crippen molar-refractivity contribution in [1.82, 2.24) is 4.31 Å². The molecule has 0 fully saturated rings. The van der Waals surface area contributed by atoms with Crippen molar-refractivity contribution in [2.45, 2.75) is 4.90 Å². The van der Waals surface area contributed by atoms with Gasteiger partial charge in [-0.25, -0.2) is 12.7 Å². The lowest BCUT2D eigenvalue weighted by molar-refractivity contribution is 0.521. The van der Waals surface area contributed by atoms with Crippen LogP contribution in [0.2, 0.25) is 0 Å². The molecular formula is C14H16IN3O2S. The topological polar surface area (TPSA) is 75.4 Å². The summed E-state index contributed by atoms with van der Waals surface area (Å²) in [6.45, 7) is 0. The number of rotatable bonds is 4. The van der Waals surface area contributed by atoms with Crippen molar-refractivity contribution in [2.75, 3.05) is 25.1 Å². The van der Waals surface area contributed by atoms with Crippen molar-refractivity contribution in [3.05, 3.63) is 46.0 Å². The normalized spacial score (nSPS) is 11.6. The molecule has 0 atom stereocenters. The van der Waals surface area contributed by atoms with Crippen molar-refractivity contribution in [3.63, 3.8) is 0 Å². The highest BCUT2D eigenvalue weighted by Gasteiger charge is 2.18. The first-order chi connectivity index (χ1) is 9.82. The first kappa shape index (κ1) is 16.1. The third-order valence-electron chi connectivity index (χ3n) is 2.94. The Morgan fingerprint density at radius 3 is 2.33 bits per heavy atom. The molecule has 112 valence electrons. The second kappa shape index (κ2) is 6.20. The van der Waals surface area contributed by atoms with Crippen LogP contribution < -0.4 is 11.1 Å². The minimum atomic E-state index is -3.47. The average molecular weight is 417 g/mol. The molecule has 0 unspecified atom stereocenters. The zero-order chi connectivity index (χ0) is 15.6. The molecule has 21 heavy (non-hydrogen) atoms. The summed E-state index contributed by atoms with van der Waals surface area (Å²) in [5, 5.41) is 3.21. The van der Waals surface area contributed by atoms with Crippen LogP contribution in [0.1, 0.15) is 0 Å². The van der Waals surface area contributed by atoms with Gasteiger partial charge in [-0.15, -0.1) is 0 Å². The molecule has 5 nitrogen and oxygen atoms in total. The maximum Gasteiger partial charge on any atom is 0.242 e. The summed E-state index contributed by atoms with van der Waals surface area (Å²) in [6, 6.07) is 12.5. The van der Waals surface area contributed by atoms with E-state index in [0.29, 0.717) is 11.4 Å². The molecule has 0 aliphatic rings. The Kier molecular flexibility index (Phi) is 4.74. The van der Waals surface area contributed by atoms with E-state index in [1.807, 2.05) is 24.3 Å². The highest BCUT2D eigenvalue weighted by Crippen LogP contribution is 2.28. The fraction of sp³-hybridized carbons (Fsp3) is 0.143. The number of nitrogen functional groups attached to an aromatic ring is 1.